The van der Waals surface area contributed by atoms with Gasteiger partial charge in [-0.05, 0) is 36.6 Å². The molecule has 1 heterocycles. The monoisotopic (exact) mass is 412 g/mol. The molecule has 28 heavy (non-hydrogen) atoms. The summed E-state index contributed by atoms with van der Waals surface area (Å²) in [5.41, 5.74) is 1.18. The van der Waals surface area contributed by atoms with E-state index < -0.39 is 5.54 Å². The van der Waals surface area contributed by atoms with E-state index >= 15 is 0 Å². The molecule has 1 spiro atoms. The number of rotatable bonds is 2. The number of imide groups is 1. The summed E-state index contributed by atoms with van der Waals surface area (Å²) >= 11 is 12.2. The van der Waals surface area contributed by atoms with Gasteiger partial charge in [0.15, 0.2) is 0 Å². The fourth-order valence-corrected chi connectivity index (χ4v) is 5.14. The van der Waals surface area contributed by atoms with E-state index in [0.29, 0.717) is 27.6 Å². The molecule has 0 unspecified atom stereocenters. The van der Waals surface area contributed by atoms with Gasteiger partial charge in [0.1, 0.15) is 13.4 Å². The van der Waals surface area contributed by atoms with Gasteiger partial charge >= 0.3 is 6.03 Å². The Morgan fingerprint density at radius 2 is 1.68 bits per heavy atom. The van der Waals surface area contributed by atoms with Crippen LogP contribution in [0.2, 0.25) is 10.0 Å². The second-order valence-electron chi connectivity index (χ2n) is 7.50. The number of urea groups is 1. The summed E-state index contributed by atoms with van der Waals surface area (Å²) in [5.74, 6) is -0.317. The molecule has 0 N–H and O–H groups in total. The zero-order chi connectivity index (χ0) is 20.1. The highest BCUT2D eigenvalue weighted by Gasteiger charge is 2.60. The number of hydrogen-bond donors (Lipinski definition) is 0. The van der Waals surface area contributed by atoms with Crippen molar-refractivity contribution in [2.75, 3.05) is 11.9 Å². The number of amides is 3. The second kappa shape index (κ2) is 7.13. The van der Waals surface area contributed by atoms with Crippen molar-refractivity contribution in [2.45, 2.75) is 37.1 Å². The van der Waals surface area contributed by atoms with Gasteiger partial charge in [-0.25, -0.2) is 9.69 Å². The lowest BCUT2D eigenvalue weighted by molar-refractivity contribution is -0.127. The van der Waals surface area contributed by atoms with Crippen LogP contribution >= 0.6 is 23.2 Å². The van der Waals surface area contributed by atoms with Crippen LogP contribution in [0.25, 0.3) is 0 Å². The zero-order valence-electron chi connectivity index (χ0n) is 15.5. The first-order valence-corrected chi connectivity index (χ1v) is 10.0. The molecule has 1 saturated heterocycles. The van der Waals surface area contributed by atoms with Gasteiger partial charge in [0.2, 0.25) is 0 Å². The molecular formula is C21H19BCl2N2O2. The Balaban J connectivity index is 1.81. The van der Waals surface area contributed by atoms with Crippen LogP contribution in [0.1, 0.15) is 37.2 Å². The van der Waals surface area contributed by atoms with Crippen LogP contribution in [0, 0.1) is 0 Å². The van der Waals surface area contributed by atoms with E-state index in [4.69, 9.17) is 31.0 Å². The van der Waals surface area contributed by atoms with Gasteiger partial charge < -0.3 is 4.90 Å². The fraction of sp³-hybridized carbons (Fsp3) is 0.333. The third kappa shape index (κ3) is 2.92. The Labute approximate surface area is 175 Å². The van der Waals surface area contributed by atoms with Crippen molar-refractivity contribution in [3.8, 4) is 0 Å². The molecule has 1 aliphatic carbocycles. The van der Waals surface area contributed by atoms with E-state index in [1.165, 1.54) is 4.90 Å². The first-order valence-electron chi connectivity index (χ1n) is 9.28. The molecule has 3 amide bonds. The highest BCUT2D eigenvalue weighted by atomic mass is 35.5. The number of anilines is 1. The molecule has 2 radical (unpaired) electrons. The first-order chi connectivity index (χ1) is 13.3. The molecule has 2 aromatic rings. The molecule has 1 saturated carbocycles. The van der Waals surface area contributed by atoms with Crippen molar-refractivity contribution in [1.29, 1.82) is 0 Å². The van der Waals surface area contributed by atoms with E-state index in [0.717, 1.165) is 24.8 Å². The molecule has 2 fully saturated rings. The summed E-state index contributed by atoms with van der Waals surface area (Å²) in [7, 11) is 7.55. The molecule has 2 aliphatic rings. The highest BCUT2D eigenvalue weighted by molar-refractivity contribution is 6.36. The minimum Gasteiger partial charge on any atom is -0.312 e. The molecule has 2 aromatic carbocycles. The number of halogens is 2. The van der Waals surface area contributed by atoms with Gasteiger partial charge in [0.05, 0.1) is 5.69 Å². The Morgan fingerprint density at radius 1 is 1.04 bits per heavy atom. The zero-order valence-corrected chi connectivity index (χ0v) is 17.0. The van der Waals surface area contributed by atoms with Gasteiger partial charge in [0, 0.05) is 23.0 Å². The van der Waals surface area contributed by atoms with Crippen molar-refractivity contribution in [3.05, 3.63) is 58.1 Å². The largest absolute Gasteiger partial charge is 0.332 e. The summed E-state index contributed by atoms with van der Waals surface area (Å²) in [6.45, 7) is 0. The summed E-state index contributed by atoms with van der Waals surface area (Å²) in [6, 6.07) is 12.0. The van der Waals surface area contributed by atoms with Gasteiger partial charge in [-0.1, -0.05) is 65.8 Å². The average Bonchev–Trinajstić information content (AvgIpc) is 2.84. The lowest BCUT2D eigenvalue weighted by Crippen LogP contribution is -2.54. The minimum absolute atomic E-state index is 0.0945. The third-order valence-electron chi connectivity index (χ3n) is 5.97. The van der Waals surface area contributed by atoms with E-state index in [1.54, 1.807) is 30.1 Å². The molecule has 0 bridgehead atoms. The highest BCUT2D eigenvalue weighted by Crippen LogP contribution is 2.49. The lowest BCUT2D eigenvalue weighted by atomic mass is 9.68. The lowest BCUT2D eigenvalue weighted by Gasteiger charge is -2.43. The second-order valence-corrected chi connectivity index (χ2v) is 8.37. The maximum Gasteiger partial charge on any atom is 0.332 e. The average molecular weight is 413 g/mol. The normalized spacial score (nSPS) is 25.0. The smallest absolute Gasteiger partial charge is 0.312 e. The van der Waals surface area contributed by atoms with Gasteiger partial charge in [-0.15, -0.1) is 0 Å². The number of likely N-dealkylation sites (N-methyl/N-ethyl adjacent to an activating group) is 1. The molecule has 4 rings (SSSR count). The molecule has 142 valence electrons. The minimum atomic E-state index is -0.916. The standard InChI is InChI=1S/C21H19BCl2N2O2/c1-25-20(28)26(17-11-15(23)10-16(24)12-17)19(27)21(25)9-3-2-4-18(21)13-5-7-14(22)8-6-13/h5-8,10-12,18H,2-4,9H2,1H3/t18-,21+/m0/s1. The molecule has 7 heteroatoms. The molecule has 4 nitrogen and oxygen atoms in total. The van der Waals surface area contributed by atoms with Crippen LogP contribution in [0.3, 0.4) is 0 Å². The summed E-state index contributed by atoms with van der Waals surface area (Å²) in [6.07, 6.45) is 3.35. The maximum absolute atomic E-state index is 13.7. The Morgan fingerprint density at radius 3 is 2.32 bits per heavy atom. The summed E-state index contributed by atoms with van der Waals surface area (Å²) < 4.78 is 0. The Kier molecular flexibility index (Phi) is 4.92. The number of benzene rings is 2. The van der Waals surface area contributed by atoms with Crippen LogP contribution in [0.15, 0.2) is 42.5 Å². The molecule has 0 aromatic heterocycles. The van der Waals surface area contributed by atoms with Crippen LogP contribution in [-0.4, -0.2) is 37.3 Å². The van der Waals surface area contributed by atoms with Crippen LogP contribution in [0.4, 0.5) is 10.5 Å². The summed E-state index contributed by atoms with van der Waals surface area (Å²) in [5, 5.41) is 0.760. The van der Waals surface area contributed by atoms with Crippen molar-refractivity contribution in [3.63, 3.8) is 0 Å². The number of carbonyl (C=O) groups excluding carboxylic acids is 2. The molecule has 2 atom stereocenters. The van der Waals surface area contributed by atoms with Gasteiger partial charge in [0.25, 0.3) is 5.91 Å². The predicted octanol–water partition coefficient (Wildman–Crippen LogP) is 4.28. The first kappa shape index (κ1) is 19.3. The molecule has 1 aliphatic heterocycles. The van der Waals surface area contributed by atoms with Crippen molar-refractivity contribution in [2.24, 2.45) is 0 Å². The van der Waals surface area contributed by atoms with Crippen LogP contribution in [-0.2, 0) is 4.79 Å². The van der Waals surface area contributed by atoms with Crippen LogP contribution in [0.5, 0.6) is 0 Å². The fourth-order valence-electron chi connectivity index (χ4n) is 4.62. The van der Waals surface area contributed by atoms with Crippen molar-refractivity contribution < 1.29 is 9.59 Å². The topological polar surface area (TPSA) is 40.6 Å². The SMILES string of the molecule is [B]c1ccc([C@@H]2CCCC[C@]23C(=O)N(c2cc(Cl)cc(Cl)c2)C(=O)N3C)cc1. The van der Waals surface area contributed by atoms with E-state index in [-0.39, 0.29) is 17.9 Å². The van der Waals surface area contributed by atoms with Crippen molar-refractivity contribution in [1.82, 2.24) is 4.90 Å². The van der Waals surface area contributed by atoms with Gasteiger partial charge in [-0.3, -0.25) is 4.79 Å². The van der Waals surface area contributed by atoms with E-state index in [1.807, 2.05) is 24.3 Å². The summed E-state index contributed by atoms with van der Waals surface area (Å²) in [4.78, 5) is 29.7. The Hall–Kier alpha value is -1.98. The number of hydrogen-bond acceptors (Lipinski definition) is 2. The predicted molar refractivity (Wildman–Crippen MR) is 113 cm³/mol. The molecular weight excluding hydrogens is 394 g/mol. The maximum atomic E-state index is 13.7. The van der Waals surface area contributed by atoms with Gasteiger partial charge in [-0.2, -0.15) is 0 Å². The Bertz CT molecular complexity index is 930. The third-order valence-corrected chi connectivity index (χ3v) is 6.41. The number of carbonyl (C=O) groups is 2. The van der Waals surface area contributed by atoms with E-state index in [2.05, 4.69) is 0 Å². The number of nitrogens with zero attached hydrogens (tertiary/aromatic N) is 2. The van der Waals surface area contributed by atoms with Crippen LogP contribution < -0.4 is 10.4 Å². The van der Waals surface area contributed by atoms with Crippen molar-refractivity contribution >= 4 is 54.1 Å². The quantitative estimate of drug-likeness (QED) is 0.545. The van der Waals surface area contributed by atoms with E-state index in [9.17, 15) is 9.59 Å².